The molecule has 1 rings (SSSR count). The Hall–Kier alpha value is -0.370. The fourth-order valence-corrected chi connectivity index (χ4v) is 2.54. The van der Waals surface area contributed by atoms with Crippen LogP contribution < -0.4 is 10.2 Å². The van der Waals surface area contributed by atoms with E-state index in [1.54, 1.807) is 6.08 Å². The quantitative estimate of drug-likeness (QED) is 0.495. The third-order valence-corrected chi connectivity index (χ3v) is 3.60. The monoisotopic (exact) mass is 172 g/mol. The van der Waals surface area contributed by atoms with Crippen molar-refractivity contribution in [3.63, 3.8) is 0 Å². The summed E-state index contributed by atoms with van der Waals surface area (Å²) in [7, 11) is -2.29. The van der Waals surface area contributed by atoms with Gasteiger partial charge >= 0.3 is 0 Å². The van der Waals surface area contributed by atoms with Crippen LogP contribution in [0, 0.1) is 0 Å². The van der Waals surface area contributed by atoms with Crippen LogP contribution in [-0.4, -0.2) is 19.3 Å². The first-order valence-electron chi connectivity index (χ1n) is 3.62. The third kappa shape index (κ3) is 2.62. The lowest BCUT2D eigenvalue weighted by atomic mass is 10.5. The fourth-order valence-electron chi connectivity index (χ4n) is 0.903. The second kappa shape index (κ2) is 3.86. The molecule has 0 bridgehead atoms. The van der Waals surface area contributed by atoms with Crippen LogP contribution in [0.5, 0.6) is 0 Å². The van der Waals surface area contributed by atoms with Crippen molar-refractivity contribution >= 4 is 7.44 Å². The van der Waals surface area contributed by atoms with E-state index in [4.69, 9.17) is 0 Å². The lowest BCUT2D eigenvalue weighted by molar-refractivity contribution is 0.559. The van der Waals surface area contributed by atoms with Gasteiger partial charge in [0.25, 0.3) is 0 Å². The summed E-state index contributed by atoms with van der Waals surface area (Å²) < 4.78 is 11.7. The molecule has 1 aliphatic rings. The molecule has 62 valence electrons. The maximum absolute atomic E-state index is 11.7. The highest BCUT2D eigenvalue weighted by Crippen LogP contribution is 2.36. The van der Waals surface area contributed by atoms with E-state index in [9.17, 15) is 4.57 Å². The Labute approximate surface area is 67.0 Å². The molecular formula is C7H13N2OP. The highest BCUT2D eigenvalue weighted by atomic mass is 31.2. The van der Waals surface area contributed by atoms with Crippen molar-refractivity contribution in [3.8, 4) is 0 Å². The number of nitrogens with one attached hydrogen (secondary N) is 2. The van der Waals surface area contributed by atoms with Crippen LogP contribution in [0.15, 0.2) is 24.8 Å². The van der Waals surface area contributed by atoms with Crippen molar-refractivity contribution < 1.29 is 4.57 Å². The predicted molar refractivity (Wildman–Crippen MR) is 47.8 cm³/mol. The lowest BCUT2D eigenvalue weighted by Gasteiger charge is -2.20. The molecule has 1 heterocycles. The van der Waals surface area contributed by atoms with E-state index in [1.807, 2.05) is 12.2 Å². The maximum Gasteiger partial charge on any atom is 0.215 e. The molecule has 0 spiro atoms. The molecule has 0 amide bonds. The van der Waals surface area contributed by atoms with Gasteiger partial charge in [0, 0.05) is 19.3 Å². The normalized spacial score (nSPS) is 30.2. The largest absolute Gasteiger partial charge is 0.289 e. The van der Waals surface area contributed by atoms with Crippen LogP contribution in [0.2, 0.25) is 0 Å². The summed E-state index contributed by atoms with van der Waals surface area (Å²) in [6, 6.07) is 0. The third-order valence-electron chi connectivity index (χ3n) is 1.48. The Morgan fingerprint density at radius 2 is 2.55 bits per heavy atom. The molecule has 0 saturated heterocycles. The van der Waals surface area contributed by atoms with Crippen molar-refractivity contribution in [1.29, 1.82) is 0 Å². The molecule has 11 heavy (non-hydrogen) atoms. The zero-order valence-electron chi connectivity index (χ0n) is 6.42. The fraction of sp³-hybridized carbons (Fsp3) is 0.429. The van der Waals surface area contributed by atoms with E-state index in [0.717, 1.165) is 0 Å². The van der Waals surface area contributed by atoms with E-state index < -0.39 is 7.44 Å². The number of allylic oxidation sites excluding steroid dienone is 1. The van der Waals surface area contributed by atoms with Crippen molar-refractivity contribution in [2.75, 3.05) is 19.3 Å². The zero-order valence-corrected chi connectivity index (χ0v) is 7.31. The standard InChI is InChI=1S/C7H13N2OP/c1-2-5-8-11(10)7-4-3-6-9-11/h2-4H,1,5-7H2,(H2,8,9,10). The van der Waals surface area contributed by atoms with Crippen molar-refractivity contribution in [2.24, 2.45) is 0 Å². The summed E-state index contributed by atoms with van der Waals surface area (Å²) in [6.45, 7) is 4.84. The van der Waals surface area contributed by atoms with Crippen LogP contribution in [0.1, 0.15) is 0 Å². The van der Waals surface area contributed by atoms with Gasteiger partial charge in [0.15, 0.2) is 0 Å². The molecule has 0 aromatic heterocycles. The minimum Gasteiger partial charge on any atom is -0.289 e. The van der Waals surface area contributed by atoms with E-state index in [-0.39, 0.29) is 0 Å². The second-order valence-corrected chi connectivity index (χ2v) is 4.88. The van der Waals surface area contributed by atoms with Gasteiger partial charge < -0.3 is 0 Å². The highest BCUT2D eigenvalue weighted by molar-refractivity contribution is 7.60. The lowest BCUT2D eigenvalue weighted by Crippen LogP contribution is -2.26. The molecule has 0 fully saturated rings. The van der Waals surface area contributed by atoms with E-state index in [0.29, 0.717) is 19.3 Å². The summed E-state index contributed by atoms with van der Waals surface area (Å²) in [4.78, 5) is 0. The van der Waals surface area contributed by atoms with Crippen LogP contribution in [-0.2, 0) is 4.57 Å². The smallest absolute Gasteiger partial charge is 0.215 e. The van der Waals surface area contributed by atoms with Crippen molar-refractivity contribution in [2.45, 2.75) is 0 Å². The molecule has 1 unspecified atom stereocenters. The summed E-state index contributed by atoms with van der Waals surface area (Å²) >= 11 is 0. The van der Waals surface area contributed by atoms with E-state index >= 15 is 0 Å². The Kier molecular flexibility index (Phi) is 3.06. The molecule has 0 aliphatic carbocycles. The first kappa shape index (κ1) is 8.72. The predicted octanol–water partition coefficient (Wildman–Crippen LogP) is 1.11. The summed E-state index contributed by atoms with van der Waals surface area (Å²) in [5.74, 6) is 0. The Balaban J connectivity index is 2.46. The Morgan fingerprint density at radius 1 is 1.73 bits per heavy atom. The van der Waals surface area contributed by atoms with Crippen molar-refractivity contribution in [3.05, 3.63) is 24.8 Å². The molecule has 0 radical (unpaired) electrons. The summed E-state index contributed by atoms with van der Waals surface area (Å²) in [6.07, 6.45) is 6.22. The van der Waals surface area contributed by atoms with Crippen LogP contribution in [0.25, 0.3) is 0 Å². The molecule has 0 saturated carbocycles. The van der Waals surface area contributed by atoms with Gasteiger partial charge in [-0.15, -0.1) is 6.58 Å². The Morgan fingerprint density at radius 3 is 3.09 bits per heavy atom. The van der Waals surface area contributed by atoms with Gasteiger partial charge in [-0.3, -0.25) is 14.7 Å². The molecular weight excluding hydrogens is 159 g/mol. The minimum absolute atomic E-state index is 0.595. The van der Waals surface area contributed by atoms with E-state index in [1.165, 1.54) is 0 Å². The molecule has 3 nitrogen and oxygen atoms in total. The Bertz CT molecular complexity index is 212. The molecule has 2 N–H and O–H groups in total. The van der Waals surface area contributed by atoms with Crippen molar-refractivity contribution in [1.82, 2.24) is 10.2 Å². The summed E-state index contributed by atoms with van der Waals surface area (Å²) in [5, 5.41) is 5.86. The van der Waals surface area contributed by atoms with Gasteiger partial charge in [-0.25, -0.2) is 0 Å². The molecule has 1 atom stereocenters. The van der Waals surface area contributed by atoms with Gasteiger partial charge in [-0.1, -0.05) is 18.2 Å². The van der Waals surface area contributed by atoms with Crippen LogP contribution >= 0.6 is 7.44 Å². The minimum atomic E-state index is -2.29. The highest BCUT2D eigenvalue weighted by Gasteiger charge is 2.19. The maximum atomic E-state index is 11.7. The van der Waals surface area contributed by atoms with Gasteiger partial charge in [0.2, 0.25) is 7.44 Å². The number of hydrogen-bond donors (Lipinski definition) is 2. The van der Waals surface area contributed by atoms with Crippen LogP contribution in [0.3, 0.4) is 0 Å². The zero-order chi connectivity index (χ0) is 8.16. The van der Waals surface area contributed by atoms with Gasteiger partial charge in [0.05, 0.1) is 0 Å². The van der Waals surface area contributed by atoms with Crippen LogP contribution in [0.4, 0.5) is 0 Å². The summed E-state index contributed by atoms with van der Waals surface area (Å²) in [5.41, 5.74) is 0. The topological polar surface area (TPSA) is 41.1 Å². The molecule has 4 heteroatoms. The SMILES string of the molecule is C=CCNP1(=O)CC=CCN1. The molecule has 0 aromatic carbocycles. The average Bonchev–Trinajstić information content (AvgIpc) is 2.03. The first-order valence-corrected chi connectivity index (χ1v) is 5.51. The number of hydrogen-bond acceptors (Lipinski definition) is 1. The van der Waals surface area contributed by atoms with Gasteiger partial charge in [-0.2, -0.15) is 0 Å². The second-order valence-electron chi connectivity index (χ2n) is 2.41. The molecule has 1 aliphatic heterocycles. The van der Waals surface area contributed by atoms with Gasteiger partial charge in [-0.05, 0) is 0 Å². The molecule has 0 aromatic rings. The first-order chi connectivity index (χ1) is 5.27. The average molecular weight is 172 g/mol. The van der Waals surface area contributed by atoms with E-state index in [2.05, 4.69) is 16.8 Å². The number of rotatable bonds is 3. The van der Waals surface area contributed by atoms with Gasteiger partial charge in [0.1, 0.15) is 0 Å².